The van der Waals surface area contributed by atoms with Crippen molar-refractivity contribution in [2.45, 2.75) is 24.0 Å². The molecule has 0 amide bonds. The number of aromatic nitrogens is 2. The number of nitrogens with zero attached hydrogens (tertiary/aromatic N) is 1. The topological polar surface area (TPSA) is 49.9 Å². The van der Waals surface area contributed by atoms with Gasteiger partial charge in [-0.1, -0.05) is 23.9 Å². The van der Waals surface area contributed by atoms with E-state index in [1.165, 1.54) is 0 Å². The molecule has 0 unspecified atom stereocenters. The van der Waals surface area contributed by atoms with Crippen molar-refractivity contribution in [1.29, 1.82) is 0 Å². The van der Waals surface area contributed by atoms with E-state index < -0.39 is 0 Å². The fourth-order valence-corrected chi connectivity index (χ4v) is 3.07. The highest BCUT2D eigenvalue weighted by Gasteiger charge is 2.12. The van der Waals surface area contributed by atoms with Crippen LogP contribution in [-0.4, -0.2) is 41.5 Å². The van der Waals surface area contributed by atoms with Crippen molar-refractivity contribution in [1.82, 2.24) is 15.3 Å². The van der Waals surface area contributed by atoms with Crippen LogP contribution in [0.25, 0.3) is 11.0 Å². The first-order valence-corrected chi connectivity index (χ1v) is 7.79. The fraction of sp³-hybridized carbons (Fsp3) is 0.500. The first-order chi connectivity index (χ1) is 9.42. The molecule has 0 radical (unpaired) electrons. The lowest BCUT2D eigenvalue weighted by atomic mass is 10.1. The van der Waals surface area contributed by atoms with Gasteiger partial charge in [-0.2, -0.15) is 0 Å². The zero-order valence-corrected chi connectivity index (χ0v) is 11.7. The van der Waals surface area contributed by atoms with E-state index >= 15 is 0 Å². The molecule has 2 N–H and O–H groups in total. The second-order valence-corrected chi connectivity index (χ2v) is 5.83. The Labute approximate surface area is 117 Å². The number of hydrogen-bond acceptors (Lipinski definition) is 4. The molecule has 3 rings (SSSR count). The van der Waals surface area contributed by atoms with Crippen molar-refractivity contribution in [2.75, 3.05) is 25.5 Å². The predicted molar refractivity (Wildman–Crippen MR) is 78.7 cm³/mol. The lowest BCUT2D eigenvalue weighted by Crippen LogP contribution is -2.35. The van der Waals surface area contributed by atoms with Crippen molar-refractivity contribution in [2.24, 2.45) is 0 Å². The van der Waals surface area contributed by atoms with Crippen LogP contribution >= 0.6 is 11.8 Å². The summed E-state index contributed by atoms with van der Waals surface area (Å²) in [4.78, 5) is 7.89. The number of hydrogen-bond donors (Lipinski definition) is 2. The summed E-state index contributed by atoms with van der Waals surface area (Å²) < 4.78 is 5.35. The maximum atomic E-state index is 5.35. The summed E-state index contributed by atoms with van der Waals surface area (Å²) in [6, 6.07) is 8.78. The third-order valence-electron chi connectivity index (χ3n) is 3.36. The molecule has 1 fully saturated rings. The summed E-state index contributed by atoms with van der Waals surface area (Å²) >= 11 is 1.77. The zero-order valence-electron chi connectivity index (χ0n) is 10.9. The molecule has 1 aliphatic heterocycles. The lowest BCUT2D eigenvalue weighted by Gasteiger charge is -2.22. The largest absolute Gasteiger partial charge is 0.381 e. The Morgan fingerprint density at radius 3 is 3.00 bits per heavy atom. The highest BCUT2D eigenvalue weighted by Crippen LogP contribution is 2.18. The summed E-state index contributed by atoms with van der Waals surface area (Å²) in [7, 11) is 0. The molecule has 1 saturated heterocycles. The average molecular weight is 277 g/mol. The van der Waals surface area contributed by atoms with Gasteiger partial charge in [0, 0.05) is 31.6 Å². The van der Waals surface area contributed by atoms with Gasteiger partial charge in [-0.3, -0.25) is 0 Å². The first kappa shape index (κ1) is 13.0. The molecule has 0 atom stereocenters. The third kappa shape index (κ3) is 3.49. The second kappa shape index (κ2) is 6.41. The van der Waals surface area contributed by atoms with Crippen molar-refractivity contribution in [3.05, 3.63) is 24.3 Å². The Morgan fingerprint density at radius 1 is 1.32 bits per heavy atom. The molecule has 2 aromatic rings. The van der Waals surface area contributed by atoms with Gasteiger partial charge in [-0.05, 0) is 25.0 Å². The van der Waals surface area contributed by atoms with Gasteiger partial charge in [0.25, 0.3) is 0 Å². The minimum absolute atomic E-state index is 0.630. The van der Waals surface area contributed by atoms with Crippen LogP contribution in [0.15, 0.2) is 29.4 Å². The summed E-state index contributed by atoms with van der Waals surface area (Å²) in [5, 5.41) is 4.59. The van der Waals surface area contributed by atoms with E-state index in [2.05, 4.69) is 21.4 Å². The van der Waals surface area contributed by atoms with E-state index in [0.29, 0.717) is 6.04 Å². The summed E-state index contributed by atoms with van der Waals surface area (Å²) in [5.74, 6) is 1.04. The smallest absolute Gasteiger partial charge is 0.166 e. The van der Waals surface area contributed by atoms with Crippen molar-refractivity contribution < 1.29 is 4.74 Å². The van der Waals surface area contributed by atoms with Crippen LogP contribution in [0.1, 0.15) is 12.8 Å². The van der Waals surface area contributed by atoms with E-state index in [9.17, 15) is 0 Å². The molecule has 19 heavy (non-hydrogen) atoms. The van der Waals surface area contributed by atoms with Gasteiger partial charge in [0.2, 0.25) is 0 Å². The molecule has 1 aromatic carbocycles. The van der Waals surface area contributed by atoms with Crippen LogP contribution in [0.5, 0.6) is 0 Å². The number of nitrogens with one attached hydrogen (secondary N) is 2. The number of H-pyrrole nitrogens is 1. The predicted octanol–water partition coefficient (Wildman–Crippen LogP) is 2.42. The van der Waals surface area contributed by atoms with Crippen LogP contribution in [0, 0.1) is 0 Å². The monoisotopic (exact) mass is 277 g/mol. The molecule has 0 aliphatic carbocycles. The number of imidazole rings is 1. The van der Waals surface area contributed by atoms with Gasteiger partial charge in [-0.25, -0.2) is 4.98 Å². The standard InChI is InChI=1S/C14H19N3OS/c1-2-4-13-12(3-1)16-14(17-13)19-10-7-15-11-5-8-18-9-6-11/h1-4,11,15H,5-10H2,(H,16,17). The Morgan fingerprint density at radius 2 is 2.16 bits per heavy atom. The molecule has 2 heterocycles. The summed E-state index contributed by atoms with van der Waals surface area (Å²) in [6.07, 6.45) is 2.27. The first-order valence-electron chi connectivity index (χ1n) is 6.80. The number of benzene rings is 1. The van der Waals surface area contributed by atoms with E-state index in [4.69, 9.17) is 4.74 Å². The van der Waals surface area contributed by atoms with Crippen LogP contribution in [0.2, 0.25) is 0 Å². The zero-order chi connectivity index (χ0) is 12.9. The highest BCUT2D eigenvalue weighted by atomic mass is 32.2. The van der Waals surface area contributed by atoms with Crippen LogP contribution in [0.4, 0.5) is 0 Å². The van der Waals surface area contributed by atoms with Gasteiger partial charge < -0.3 is 15.0 Å². The maximum Gasteiger partial charge on any atom is 0.166 e. The van der Waals surface area contributed by atoms with Gasteiger partial charge in [0.15, 0.2) is 5.16 Å². The number of rotatable bonds is 5. The number of ether oxygens (including phenoxy) is 1. The molecule has 1 aliphatic rings. The fourth-order valence-electron chi connectivity index (χ4n) is 2.31. The summed E-state index contributed by atoms with van der Waals surface area (Å²) in [5.41, 5.74) is 2.16. The van der Waals surface area contributed by atoms with Crippen LogP contribution in [-0.2, 0) is 4.74 Å². The maximum absolute atomic E-state index is 5.35. The molecule has 4 nitrogen and oxygen atoms in total. The molecule has 102 valence electrons. The highest BCUT2D eigenvalue weighted by molar-refractivity contribution is 7.99. The van der Waals surface area contributed by atoms with Crippen molar-refractivity contribution >= 4 is 22.8 Å². The Hall–Kier alpha value is -1.04. The van der Waals surface area contributed by atoms with Gasteiger partial charge in [0.05, 0.1) is 11.0 Å². The van der Waals surface area contributed by atoms with Gasteiger partial charge >= 0.3 is 0 Å². The van der Waals surface area contributed by atoms with Gasteiger partial charge in [0.1, 0.15) is 0 Å². The molecular formula is C14H19N3OS. The number of aromatic amines is 1. The summed E-state index contributed by atoms with van der Waals surface area (Å²) in [6.45, 7) is 2.81. The SMILES string of the molecule is c1ccc2[nH]c(SCCNC3CCOCC3)nc2c1. The number of fused-ring (bicyclic) bond motifs is 1. The van der Waals surface area contributed by atoms with E-state index in [1.807, 2.05) is 18.2 Å². The van der Waals surface area contributed by atoms with Gasteiger partial charge in [-0.15, -0.1) is 0 Å². The van der Waals surface area contributed by atoms with Crippen LogP contribution in [0.3, 0.4) is 0 Å². The molecule has 1 aromatic heterocycles. The van der Waals surface area contributed by atoms with E-state index in [-0.39, 0.29) is 0 Å². The third-order valence-corrected chi connectivity index (χ3v) is 4.24. The van der Waals surface area contributed by atoms with E-state index in [1.54, 1.807) is 11.8 Å². The molecular weight excluding hydrogens is 258 g/mol. The molecule has 0 bridgehead atoms. The van der Waals surface area contributed by atoms with E-state index in [0.717, 1.165) is 54.5 Å². The minimum atomic E-state index is 0.630. The number of para-hydroxylation sites is 2. The normalized spacial score (nSPS) is 17.1. The molecule has 0 spiro atoms. The molecule has 0 saturated carbocycles. The quantitative estimate of drug-likeness (QED) is 0.651. The number of thioether (sulfide) groups is 1. The van der Waals surface area contributed by atoms with Crippen LogP contribution < -0.4 is 5.32 Å². The average Bonchev–Trinajstić information content (AvgIpc) is 2.87. The second-order valence-electron chi connectivity index (χ2n) is 4.75. The molecule has 5 heteroatoms. The Bertz CT molecular complexity index is 489. The lowest BCUT2D eigenvalue weighted by molar-refractivity contribution is 0.0786. The Kier molecular flexibility index (Phi) is 4.37. The van der Waals surface area contributed by atoms with Crippen molar-refractivity contribution in [3.8, 4) is 0 Å². The minimum Gasteiger partial charge on any atom is -0.381 e. The Balaban J connectivity index is 1.44. The van der Waals surface area contributed by atoms with Crippen molar-refractivity contribution in [3.63, 3.8) is 0 Å².